The zero-order valence-corrected chi connectivity index (χ0v) is 15.4. The third-order valence-electron chi connectivity index (χ3n) is 4.90. The molecule has 1 N–H and O–H groups in total. The summed E-state index contributed by atoms with van der Waals surface area (Å²) < 4.78 is 27.1. The molecule has 2 aliphatic heterocycles. The molecule has 0 aromatic heterocycles. The molecule has 144 valence electrons. The number of hydrazone groups is 1. The van der Waals surface area contributed by atoms with Crippen molar-refractivity contribution in [2.45, 2.75) is 12.5 Å². The molecule has 1 fully saturated rings. The van der Waals surface area contributed by atoms with E-state index in [0.717, 1.165) is 22.9 Å². The Kier molecular flexibility index (Phi) is 4.81. The number of nitrogens with zero attached hydrogens (tertiary/aromatic N) is 3. The molecule has 1 unspecified atom stereocenters. The molecule has 28 heavy (non-hydrogen) atoms. The fourth-order valence-corrected chi connectivity index (χ4v) is 3.48. The van der Waals surface area contributed by atoms with Crippen molar-refractivity contribution in [1.29, 1.82) is 0 Å². The maximum absolute atomic E-state index is 13.6. The van der Waals surface area contributed by atoms with Gasteiger partial charge in [0.05, 0.1) is 6.04 Å². The summed E-state index contributed by atoms with van der Waals surface area (Å²) in [6.07, 6.45) is 4.10. The van der Waals surface area contributed by atoms with Crippen molar-refractivity contribution in [3.05, 3.63) is 70.8 Å². The highest BCUT2D eigenvalue weighted by Gasteiger charge is 2.35. The zero-order chi connectivity index (χ0) is 19.7. The van der Waals surface area contributed by atoms with Crippen LogP contribution in [0.2, 0.25) is 0 Å². The van der Waals surface area contributed by atoms with Crippen LogP contribution in [0.15, 0.2) is 53.1 Å². The lowest BCUT2D eigenvalue weighted by atomic mass is 10.0. The topological polar surface area (TPSA) is 47.9 Å². The van der Waals surface area contributed by atoms with Crippen molar-refractivity contribution in [1.82, 2.24) is 9.91 Å². The van der Waals surface area contributed by atoms with E-state index in [-0.39, 0.29) is 6.03 Å². The van der Waals surface area contributed by atoms with E-state index in [4.69, 9.17) is 0 Å². The summed E-state index contributed by atoms with van der Waals surface area (Å²) in [5.41, 5.74) is 3.64. The van der Waals surface area contributed by atoms with Crippen LogP contribution in [0.5, 0.6) is 0 Å². The van der Waals surface area contributed by atoms with Crippen molar-refractivity contribution in [3.8, 4) is 0 Å². The summed E-state index contributed by atoms with van der Waals surface area (Å²) in [5, 5.41) is 8.54. The lowest BCUT2D eigenvalue weighted by Gasteiger charge is -2.37. The van der Waals surface area contributed by atoms with Crippen LogP contribution in [0.4, 0.5) is 19.3 Å². The first-order chi connectivity index (χ1) is 13.5. The van der Waals surface area contributed by atoms with Gasteiger partial charge in [0, 0.05) is 44.5 Å². The second-order valence-corrected chi connectivity index (χ2v) is 6.91. The number of amides is 2. The second kappa shape index (κ2) is 7.42. The number of anilines is 1. The molecule has 1 atom stereocenters. The standard InChI is InChI=1S/C21H20F2N4O/c1-24-19-4-2-3-14(8-19)7-15-12-26(13-15)21(28)27-20(5-6-25-27)16-9-17(22)11-18(23)10-16/h2-4,6-11,20,24H,5,12-13H2,1H3. The van der Waals surface area contributed by atoms with Gasteiger partial charge in [0.1, 0.15) is 11.6 Å². The average Bonchev–Trinajstić information content (AvgIpc) is 3.13. The predicted octanol–water partition coefficient (Wildman–Crippen LogP) is 4.26. The summed E-state index contributed by atoms with van der Waals surface area (Å²) in [6, 6.07) is 10.6. The van der Waals surface area contributed by atoms with Crippen LogP contribution >= 0.6 is 0 Å². The molecule has 4 rings (SSSR count). The number of benzene rings is 2. The lowest BCUT2D eigenvalue weighted by molar-refractivity contribution is 0.136. The molecule has 0 aliphatic carbocycles. The van der Waals surface area contributed by atoms with Gasteiger partial charge in [0.15, 0.2) is 0 Å². The molecule has 0 spiro atoms. The van der Waals surface area contributed by atoms with Gasteiger partial charge in [-0.1, -0.05) is 18.2 Å². The van der Waals surface area contributed by atoms with Crippen LogP contribution in [0.25, 0.3) is 6.08 Å². The molecule has 0 saturated carbocycles. The number of carbonyl (C=O) groups is 1. The number of carbonyl (C=O) groups excluding carboxylic acids is 1. The Labute approximate surface area is 161 Å². The van der Waals surface area contributed by atoms with Crippen LogP contribution in [0.3, 0.4) is 0 Å². The van der Waals surface area contributed by atoms with Crippen LogP contribution in [-0.2, 0) is 0 Å². The third-order valence-corrected chi connectivity index (χ3v) is 4.90. The van der Waals surface area contributed by atoms with E-state index in [1.165, 1.54) is 17.1 Å². The van der Waals surface area contributed by atoms with E-state index in [9.17, 15) is 13.6 Å². The average molecular weight is 382 g/mol. The summed E-state index contributed by atoms with van der Waals surface area (Å²) in [7, 11) is 1.87. The summed E-state index contributed by atoms with van der Waals surface area (Å²) >= 11 is 0. The molecule has 0 radical (unpaired) electrons. The summed E-state index contributed by atoms with van der Waals surface area (Å²) in [5.74, 6) is -1.32. The van der Waals surface area contributed by atoms with Gasteiger partial charge in [-0.15, -0.1) is 0 Å². The molecule has 2 heterocycles. The van der Waals surface area contributed by atoms with E-state index in [2.05, 4.69) is 16.5 Å². The molecular formula is C21H20F2N4O. The van der Waals surface area contributed by atoms with Gasteiger partial charge in [-0.25, -0.2) is 18.6 Å². The number of nitrogens with one attached hydrogen (secondary N) is 1. The van der Waals surface area contributed by atoms with Gasteiger partial charge in [-0.2, -0.15) is 5.10 Å². The highest BCUT2D eigenvalue weighted by Crippen LogP contribution is 2.32. The van der Waals surface area contributed by atoms with Crippen molar-refractivity contribution >= 4 is 24.0 Å². The molecule has 5 nitrogen and oxygen atoms in total. The summed E-state index contributed by atoms with van der Waals surface area (Å²) in [4.78, 5) is 14.5. The lowest BCUT2D eigenvalue weighted by Crippen LogP contribution is -2.49. The van der Waals surface area contributed by atoms with E-state index in [1.54, 1.807) is 11.1 Å². The number of halogens is 2. The Morgan fingerprint density at radius 3 is 2.64 bits per heavy atom. The number of hydrogen-bond donors (Lipinski definition) is 1. The Hall–Kier alpha value is -3.22. The highest BCUT2D eigenvalue weighted by atomic mass is 19.1. The Morgan fingerprint density at radius 1 is 1.18 bits per heavy atom. The fraction of sp³-hybridized carbons (Fsp3) is 0.238. The van der Waals surface area contributed by atoms with Crippen LogP contribution in [0.1, 0.15) is 23.6 Å². The number of rotatable bonds is 3. The van der Waals surface area contributed by atoms with Gasteiger partial charge < -0.3 is 10.2 Å². The molecule has 2 aromatic rings. The van der Waals surface area contributed by atoms with Gasteiger partial charge in [0.2, 0.25) is 0 Å². The molecular weight excluding hydrogens is 362 g/mol. The number of likely N-dealkylation sites (tertiary alicyclic amines) is 1. The maximum atomic E-state index is 13.6. The predicted molar refractivity (Wildman–Crippen MR) is 105 cm³/mol. The first-order valence-corrected chi connectivity index (χ1v) is 9.07. The SMILES string of the molecule is CNc1cccc(C=C2CN(C(=O)N3N=CCC3c3cc(F)cc(F)c3)C2)c1. The normalized spacial score (nSPS) is 18.2. The van der Waals surface area contributed by atoms with Crippen molar-refractivity contribution in [2.75, 3.05) is 25.5 Å². The third kappa shape index (κ3) is 3.60. The van der Waals surface area contributed by atoms with Crippen LogP contribution in [0, 0.1) is 11.6 Å². The molecule has 2 amide bonds. The summed E-state index contributed by atoms with van der Waals surface area (Å²) in [6.45, 7) is 1.03. The van der Waals surface area contributed by atoms with Gasteiger partial charge >= 0.3 is 6.03 Å². The van der Waals surface area contributed by atoms with Crippen LogP contribution in [-0.4, -0.2) is 42.3 Å². The fourth-order valence-electron chi connectivity index (χ4n) is 3.48. The Balaban J connectivity index is 1.44. The van der Waals surface area contributed by atoms with Crippen molar-refractivity contribution < 1.29 is 13.6 Å². The molecule has 1 saturated heterocycles. The quantitative estimate of drug-likeness (QED) is 0.862. The largest absolute Gasteiger partial charge is 0.388 e. The first kappa shape index (κ1) is 18.2. The number of urea groups is 1. The molecule has 0 bridgehead atoms. The minimum atomic E-state index is -0.660. The maximum Gasteiger partial charge on any atom is 0.341 e. The molecule has 2 aliphatic rings. The van der Waals surface area contributed by atoms with E-state index < -0.39 is 17.7 Å². The first-order valence-electron chi connectivity index (χ1n) is 9.07. The van der Waals surface area contributed by atoms with Crippen molar-refractivity contribution in [2.24, 2.45) is 5.10 Å². The Bertz CT molecular complexity index is 944. The minimum absolute atomic E-state index is 0.260. The molecule has 7 heteroatoms. The minimum Gasteiger partial charge on any atom is -0.388 e. The monoisotopic (exact) mass is 382 g/mol. The van der Waals surface area contributed by atoms with E-state index >= 15 is 0 Å². The zero-order valence-electron chi connectivity index (χ0n) is 15.4. The van der Waals surface area contributed by atoms with Gasteiger partial charge in [-0.3, -0.25) is 0 Å². The smallest absolute Gasteiger partial charge is 0.341 e. The van der Waals surface area contributed by atoms with Crippen LogP contribution < -0.4 is 5.32 Å². The second-order valence-electron chi connectivity index (χ2n) is 6.91. The van der Waals surface area contributed by atoms with E-state index in [0.29, 0.717) is 25.1 Å². The van der Waals surface area contributed by atoms with Gasteiger partial charge in [-0.05, 0) is 41.0 Å². The molecule has 2 aromatic carbocycles. The van der Waals surface area contributed by atoms with Gasteiger partial charge in [0.25, 0.3) is 0 Å². The van der Waals surface area contributed by atoms with E-state index in [1.807, 2.05) is 31.3 Å². The van der Waals surface area contributed by atoms with Crippen molar-refractivity contribution in [3.63, 3.8) is 0 Å². The highest BCUT2D eigenvalue weighted by molar-refractivity contribution is 5.81. The Morgan fingerprint density at radius 2 is 1.93 bits per heavy atom. The number of hydrogen-bond acceptors (Lipinski definition) is 3.